The fourth-order valence-electron chi connectivity index (χ4n) is 2.49. The molecule has 0 saturated carbocycles. The third-order valence-electron chi connectivity index (χ3n) is 3.65. The van der Waals surface area contributed by atoms with Crippen LogP contribution in [0.5, 0.6) is 0 Å². The van der Waals surface area contributed by atoms with E-state index in [9.17, 15) is 9.59 Å². The Balaban J connectivity index is 1.84. The highest BCUT2D eigenvalue weighted by Gasteiger charge is 2.53. The van der Waals surface area contributed by atoms with Gasteiger partial charge in [0.25, 0.3) is 5.91 Å². The molecular weight excluding hydrogens is 306 g/mol. The summed E-state index contributed by atoms with van der Waals surface area (Å²) in [5.74, 6) is 2.00. The number of hydrogen-bond acceptors (Lipinski definition) is 8. The predicted molar refractivity (Wildman–Crippen MR) is 82.3 cm³/mol. The molecule has 3 amide bonds. The number of nitrogens with zero attached hydrogens (tertiary/aromatic N) is 5. The van der Waals surface area contributed by atoms with Gasteiger partial charge in [0.1, 0.15) is 5.54 Å². The summed E-state index contributed by atoms with van der Waals surface area (Å²) in [5, 5.41) is 2.81. The third-order valence-corrected chi connectivity index (χ3v) is 4.84. The first kappa shape index (κ1) is 14.8. The lowest BCUT2D eigenvalue weighted by molar-refractivity contribution is -0.131. The van der Waals surface area contributed by atoms with Crippen molar-refractivity contribution in [1.29, 1.82) is 0 Å². The van der Waals surface area contributed by atoms with Crippen molar-refractivity contribution in [3.63, 3.8) is 0 Å². The van der Waals surface area contributed by atoms with Gasteiger partial charge in [0, 0.05) is 19.8 Å². The number of nitrogen functional groups attached to an aromatic ring is 1. The molecule has 2 saturated heterocycles. The van der Waals surface area contributed by atoms with Crippen molar-refractivity contribution in [3.05, 3.63) is 5.82 Å². The van der Waals surface area contributed by atoms with Gasteiger partial charge in [0.05, 0.1) is 6.54 Å². The predicted octanol–water partition coefficient (Wildman–Crippen LogP) is -0.553. The fourth-order valence-corrected chi connectivity index (χ4v) is 3.81. The Kier molecular flexibility index (Phi) is 3.55. The van der Waals surface area contributed by atoms with Crippen LogP contribution in [0.3, 0.4) is 0 Å². The average molecular weight is 323 g/mol. The monoisotopic (exact) mass is 323 g/mol. The van der Waals surface area contributed by atoms with Crippen molar-refractivity contribution >= 4 is 35.6 Å². The number of nitrogens with one attached hydrogen (secondary N) is 1. The van der Waals surface area contributed by atoms with Gasteiger partial charge in [-0.15, -0.1) is 0 Å². The van der Waals surface area contributed by atoms with Crippen LogP contribution in [0.4, 0.5) is 16.7 Å². The molecule has 118 valence electrons. The second-order valence-corrected chi connectivity index (χ2v) is 6.62. The zero-order valence-electron chi connectivity index (χ0n) is 12.4. The molecule has 3 rings (SSSR count). The molecule has 1 unspecified atom stereocenters. The Bertz CT molecular complexity index is 630. The van der Waals surface area contributed by atoms with E-state index in [0.717, 1.165) is 10.7 Å². The Hall–Kier alpha value is -2.10. The second kappa shape index (κ2) is 5.27. The maximum Gasteiger partial charge on any atom is 0.325 e. The number of carbonyl (C=O) groups is 2. The number of hydrogen-bond donors (Lipinski definition) is 2. The molecule has 0 aromatic carbocycles. The number of carbonyl (C=O) groups excluding carboxylic acids is 2. The van der Waals surface area contributed by atoms with Crippen LogP contribution in [0, 0.1) is 0 Å². The van der Waals surface area contributed by atoms with Gasteiger partial charge in [0.2, 0.25) is 11.9 Å². The van der Waals surface area contributed by atoms with E-state index in [-0.39, 0.29) is 18.4 Å². The number of rotatable bonds is 3. The summed E-state index contributed by atoms with van der Waals surface area (Å²) in [6, 6.07) is -0.405. The molecule has 22 heavy (non-hydrogen) atoms. The van der Waals surface area contributed by atoms with Gasteiger partial charge in [-0.2, -0.15) is 26.7 Å². The number of imide groups is 1. The van der Waals surface area contributed by atoms with E-state index in [1.165, 1.54) is 0 Å². The number of anilines is 2. The molecule has 9 nitrogen and oxygen atoms in total. The summed E-state index contributed by atoms with van der Waals surface area (Å²) >= 11 is 1.66. The van der Waals surface area contributed by atoms with Gasteiger partial charge in [0.15, 0.2) is 5.82 Å². The highest BCUT2D eigenvalue weighted by molar-refractivity contribution is 7.99. The van der Waals surface area contributed by atoms with Crippen molar-refractivity contribution in [3.8, 4) is 0 Å². The first-order valence-electron chi connectivity index (χ1n) is 6.81. The van der Waals surface area contributed by atoms with Gasteiger partial charge < -0.3 is 16.0 Å². The van der Waals surface area contributed by atoms with Crippen molar-refractivity contribution in [2.24, 2.45) is 0 Å². The van der Waals surface area contributed by atoms with E-state index in [4.69, 9.17) is 5.73 Å². The fraction of sp³-hybridized carbons (Fsp3) is 0.583. The van der Waals surface area contributed by atoms with E-state index in [1.807, 2.05) is 0 Å². The number of nitrogens with two attached hydrogens (primary N) is 1. The normalized spacial score (nSPS) is 24.2. The van der Waals surface area contributed by atoms with Crippen LogP contribution in [0.25, 0.3) is 0 Å². The van der Waals surface area contributed by atoms with Gasteiger partial charge in [-0.25, -0.2) is 4.79 Å². The standard InChI is InChI=1S/C12H17N7O2S/c1-18(2)10-15-7(14-9(13)16-10)5-19-8(20)12(17-11(19)21)3-4-22-6-12/h3-6H2,1-2H3,(H,17,21)(H2,13,14,15,16). The van der Waals surface area contributed by atoms with E-state index >= 15 is 0 Å². The summed E-state index contributed by atoms with van der Waals surface area (Å²) < 4.78 is 0. The van der Waals surface area contributed by atoms with E-state index in [2.05, 4.69) is 20.3 Å². The smallest absolute Gasteiger partial charge is 0.325 e. The molecule has 10 heteroatoms. The largest absolute Gasteiger partial charge is 0.368 e. The molecule has 0 bridgehead atoms. The summed E-state index contributed by atoms with van der Waals surface area (Å²) in [6.07, 6.45) is 0.654. The third kappa shape index (κ3) is 2.43. The van der Waals surface area contributed by atoms with Crippen LogP contribution in [0.15, 0.2) is 0 Å². The first-order valence-corrected chi connectivity index (χ1v) is 7.96. The van der Waals surface area contributed by atoms with Gasteiger partial charge >= 0.3 is 6.03 Å². The minimum absolute atomic E-state index is 0.00928. The number of urea groups is 1. The van der Waals surface area contributed by atoms with Crippen LogP contribution < -0.4 is 16.0 Å². The average Bonchev–Trinajstić information content (AvgIpc) is 3.00. The SMILES string of the molecule is CN(C)c1nc(N)nc(CN2C(=O)NC3(CCSC3)C2=O)n1. The first-order chi connectivity index (χ1) is 10.4. The number of amides is 3. The zero-order valence-corrected chi connectivity index (χ0v) is 13.2. The van der Waals surface area contributed by atoms with Crippen LogP contribution >= 0.6 is 11.8 Å². The summed E-state index contributed by atoms with van der Waals surface area (Å²) in [4.78, 5) is 39.8. The van der Waals surface area contributed by atoms with Gasteiger partial charge in [-0.1, -0.05) is 0 Å². The molecule has 2 aliphatic rings. The maximum atomic E-state index is 12.6. The van der Waals surface area contributed by atoms with E-state index in [0.29, 0.717) is 23.9 Å². The van der Waals surface area contributed by atoms with Crippen LogP contribution in [0.2, 0.25) is 0 Å². The molecule has 3 N–H and O–H groups in total. The number of aromatic nitrogens is 3. The van der Waals surface area contributed by atoms with Gasteiger partial charge in [-0.3, -0.25) is 9.69 Å². The Morgan fingerprint density at radius 1 is 1.36 bits per heavy atom. The van der Waals surface area contributed by atoms with E-state index in [1.54, 1.807) is 30.8 Å². The van der Waals surface area contributed by atoms with E-state index < -0.39 is 11.6 Å². The quantitative estimate of drug-likeness (QED) is 0.711. The lowest BCUT2D eigenvalue weighted by atomic mass is 9.99. The summed E-state index contributed by atoms with van der Waals surface area (Å²) in [6.45, 7) is -0.00928. The summed E-state index contributed by atoms with van der Waals surface area (Å²) in [5.41, 5.74) is 4.90. The molecule has 2 fully saturated rings. The second-order valence-electron chi connectivity index (χ2n) is 5.51. The van der Waals surface area contributed by atoms with Crippen molar-refractivity contribution in [1.82, 2.24) is 25.2 Å². The Morgan fingerprint density at radius 3 is 2.77 bits per heavy atom. The minimum Gasteiger partial charge on any atom is -0.368 e. The molecular formula is C12H17N7O2S. The Labute approximate surface area is 131 Å². The molecule has 0 radical (unpaired) electrons. The molecule has 1 aromatic rings. The topological polar surface area (TPSA) is 117 Å². The maximum absolute atomic E-state index is 12.6. The van der Waals surface area contributed by atoms with Crippen molar-refractivity contribution in [2.45, 2.75) is 18.5 Å². The van der Waals surface area contributed by atoms with Gasteiger partial charge in [-0.05, 0) is 12.2 Å². The zero-order chi connectivity index (χ0) is 15.9. The minimum atomic E-state index is -0.759. The van der Waals surface area contributed by atoms with Crippen LogP contribution in [-0.2, 0) is 11.3 Å². The molecule has 2 aliphatic heterocycles. The lowest BCUT2D eigenvalue weighted by Gasteiger charge is -2.19. The highest BCUT2D eigenvalue weighted by atomic mass is 32.2. The van der Waals surface area contributed by atoms with Crippen LogP contribution in [0.1, 0.15) is 12.2 Å². The van der Waals surface area contributed by atoms with Crippen molar-refractivity contribution in [2.75, 3.05) is 36.2 Å². The Morgan fingerprint density at radius 2 is 2.14 bits per heavy atom. The van der Waals surface area contributed by atoms with Crippen LogP contribution in [-0.4, -0.2) is 62.9 Å². The highest BCUT2D eigenvalue weighted by Crippen LogP contribution is 2.33. The number of thioether (sulfide) groups is 1. The molecule has 1 atom stereocenters. The molecule has 1 spiro atoms. The summed E-state index contributed by atoms with van der Waals surface area (Å²) in [7, 11) is 3.55. The molecule has 3 heterocycles. The molecule has 0 aliphatic carbocycles. The lowest BCUT2D eigenvalue weighted by Crippen LogP contribution is -2.46. The van der Waals surface area contributed by atoms with Crippen molar-refractivity contribution < 1.29 is 9.59 Å². The molecule has 1 aromatic heterocycles.